The summed E-state index contributed by atoms with van der Waals surface area (Å²) in [6.45, 7) is 4.65. The van der Waals surface area contributed by atoms with Gasteiger partial charge < -0.3 is 28.7 Å². The fraction of sp³-hybridized carbons (Fsp3) is 0.714. The van der Waals surface area contributed by atoms with Gasteiger partial charge in [-0.2, -0.15) is 0 Å². The summed E-state index contributed by atoms with van der Waals surface area (Å²) in [5.41, 5.74) is 0. The molecule has 0 amide bonds. The van der Waals surface area contributed by atoms with E-state index in [1.165, 1.54) is 0 Å². The van der Waals surface area contributed by atoms with Gasteiger partial charge in [-0.15, -0.1) is 0 Å². The Morgan fingerprint density at radius 1 is 0.900 bits per heavy atom. The predicted octanol–water partition coefficient (Wildman–Crippen LogP) is 1.20. The molecule has 0 aliphatic rings. The zero-order chi connectivity index (χ0) is 14.5. The van der Waals surface area contributed by atoms with Crippen molar-refractivity contribution in [3.63, 3.8) is 0 Å². The van der Waals surface area contributed by atoms with Crippen molar-refractivity contribution in [2.24, 2.45) is 0 Å². The van der Waals surface area contributed by atoms with Crippen molar-refractivity contribution in [1.29, 1.82) is 0 Å². The maximum atomic E-state index is 5.55. The molecule has 0 atom stereocenters. The van der Waals surface area contributed by atoms with Crippen LogP contribution < -0.4 is 5.32 Å². The van der Waals surface area contributed by atoms with E-state index in [-0.39, 0.29) is 0 Å². The van der Waals surface area contributed by atoms with Crippen LogP contribution in [0.25, 0.3) is 0 Å². The molecule has 0 aliphatic carbocycles. The quantitative estimate of drug-likeness (QED) is 0.550. The molecule has 0 unspecified atom stereocenters. The highest BCUT2D eigenvalue weighted by Gasteiger charge is 2.01. The summed E-state index contributed by atoms with van der Waals surface area (Å²) < 4.78 is 26.5. The van der Waals surface area contributed by atoms with E-state index in [9.17, 15) is 0 Å². The topological polar surface area (TPSA) is 62.1 Å². The first kappa shape index (κ1) is 17.1. The monoisotopic (exact) mass is 287 g/mol. The molecule has 0 bridgehead atoms. The first-order valence-corrected chi connectivity index (χ1v) is 6.81. The molecule has 0 aromatic carbocycles. The van der Waals surface area contributed by atoms with Crippen LogP contribution in [-0.4, -0.2) is 53.8 Å². The second-order valence-electron chi connectivity index (χ2n) is 4.17. The smallest absolute Gasteiger partial charge is 0.129 e. The van der Waals surface area contributed by atoms with Crippen LogP contribution in [0.5, 0.6) is 0 Å². The average molecular weight is 287 g/mol. The van der Waals surface area contributed by atoms with Gasteiger partial charge in [-0.3, -0.25) is 0 Å². The highest BCUT2D eigenvalue weighted by atomic mass is 16.6. The molecular weight excluding hydrogens is 262 g/mol. The van der Waals surface area contributed by atoms with E-state index < -0.39 is 0 Å². The van der Waals surface area contributed by atoms with Gasteiger partial charge in [-0.25, -0.2) is 0 Å². The van der Waals surface area contributed by atoms with Gasteiger partial charge in [0, 0.05) is 7.11 Å². The van der Waals surface area contributed by atoms with E-state index in [0.717, 1.165) is 18.1 Å². The van der Waals surface area contributed by atoms with E-state index in [0.29, 0.717) is 46.2 Å². The van der Waals surface area contributed by atoms with Gasteiger partial charge in [0.25, 0.3) is 0 Å². The van der Waals surface area contributed by atoms with Gasteiger partial charge in [-0.1, -0.05) is 0 Å². The van der Waals surface area contributed by atoms with Gasteiger partial charge in [-0.05, 0) is 19.2 Å². The van der Waals surface area contributed by atoms with Crippen molar-refractivity contribution >= 4 is 0 Å². The molecule has 116 valence electrons. The second kappa shape index (κ2) is 11.9. The van der Waals surface area contributed by atoms with Crippen LogP contribution in [-0.2, 0) is 32.1 Å². The molecule has 0 saturated carbocycles. The van der Waals surface area contributed by atoms with E-state index in [1.807, 2.05) is 19.2 Å². The largest absolute Gasteiger partial charge is 0.462 e. The molecule has 0 radical (unpaired) electrons. The predicted molar refractivity (Wildman–Crippen MR) is 74.6 cm³/mol. The van der Waals surface area contributed by atoms with Gasteiger partial charge in [0.05, 0.1) is 46.2 Å². The minimum atomic E-state index is 0.470. The highest BCUT2D eigenvalue weighted by Crippen LogP contribution is 2.08. The maximum absolute atomic E-state index is 5.55. The molecule has 1 N–H and O–H groups in total. The number of furan rings is 1. The molecule has 6 nitrogen and oxygen atoms in total. The molecule has 6 heteroatoms. The zero-order valence-corrected chi connectivity index (χ0v) is 12.4. The standard InChI is InChI=1S/C14H25NO5/c1-15-11-13-3-4-14(20-13)12-19-10-9-18-8-7-17-6-5-16-2/h3-4,15H,5-12H2,1-2H3. The third-order valence-corrected chi connectivity index (χ3v) is 2.49. The molecule has 0 spiro atoms. The summed E-state index contributed by atoms with van der Waals surface area (Å²) >= 11 is 0. The minimum Gasteiger partial charge on any atom is -0.462 e. The molecule has 0 fully saturated rings. The van der Waals surface area contributed by atoms with Crippen LogP contribution in [0, 0.1) is 0 Å². The average Bonchev–Trinajstić information content (AvgIpc) is 2.89. The van der Waals surface area contributed by atoms with Crippen molar-refractivity contribution in [3.8, 4) is 0 Å². The number of methoxy groups -OCH3 is 1. The van der Waals surface area contributed by atoms with E-state index >= 15 is 0 Å². The van der Waals surface area contributed by atoms with E-state index in [1.54, 1.807) is 7.11 Å². The van der Waals surface area contributed by atoms with Crippen LogP contribution in [0.3, 0.4) is 0 Å². The van der Waals surface area contributed by atoms with Gasteiger partial charge >= 0.3 is 0 Å². The number of nitrogens with one attached hydrogen (secondary N) is 1. The van der Waals surface area contributed by atoms with Gasteiger partial charge in [0.1, 0.15) is 18.1 Å². The van der Waals surface area contributed by atoms with Crippen LogP contribution in [0.1, 0.15) is 11.5 Å². The lowest BCUT2D eigenvalue weighted by molar-refractivity contribution is -0.00136. The van der Waals surface area contributed by atoms with Crippen molar-refractivity contribution < 1.29 is 23.4 Å². The number of hydrogen-bond acceptors (Lipinski definition) is 6. The highest BCUT2D eigenvalue weighted by molar-refractivity contribution is 5.06. The first-order chi connectivity index (χ1) is 9.86. The Morgan fingerprint density at radius 3 is 2.15 bits per heavy atom. The third kappa shape index (κ3) is 8.29. The zero-order valence-electron chi connectivity index (χ0n) is 12.4. The Morgan fingerprint density at radius 2 is 1.50 bits per heavy atom. The van der Waals surface area contributed by atoms with E-state index in [2.05, 4.69) is 5.32 Å². The Kier molecular flexibility index (Phi) is 10.2. The molecule has 1 rings (SSSR count). The third-order valence-electron chi connectivity index (χ3n) is 2.49. The van der Waals surface area contributed by atoms with Crippen molar-refractivity contribution in [2.45, 2.75) is 13.2 Å². The first-order valence-electron chi connectivity index (χ1n) is 6.81. The lowest BCUT2D eigenvalue weighted by Gasteiger charge is -2.05. The van der Waals surface area contributed by atoms with Crippen LogP contribution in [0.4, 0.5) is 0 Å². The summed E-state index contributed by atoms with van der Waals surface area (Å²) in [4.78, 5) is 0. The lowest BCUT2D eigenvalue weighted by atomic mass is 10.4. The summed E-state index contributed by atoms with van der Waals surface area (Å²) in [5, 5.41) is 3.03. The van der Waals surface area contributed by atoms with Crippen molar-refractivity contribution in [2.75, 3.05) is 53.8 Å². The molecule has 1 aromatic rings. The number of ether oxygens (including phenoxy) is 4. The van der Waals surface area contributed by atoms with Gasteiger partial charge in [0.15, 0.2) is 0 Å². The lowest BCUT2D eigenvalue weighted by Crippen LogP contribution is -2.11. The summed E-state index contributed by atoms with van der Waals surface area (Å²) in [7, 11) is 3.53. The number of rotatable bonds is 13. The SMILES string of the molecule is CNCc1ccc(COCCOCCOCCOC)o1. The summed E-state index contributed by atoms with van der Waals surface area (Å²) in [6, 6.07) is 3.88. The van der Waals surface area contributed by atoms with Crippen LogP contribution in [0.15, 0.2) is 16.5 Å². The Labute approximate surface area is 120 Å². The van der Waals surface area contributed by atoms with Crippen LogP contribution in [0.2, 0.25) is 0 Å². The van der Waals surface area contributed by atoms with Crippen molar-refractivity contribution in [3.05, 3.63) is 23.7 Å². The second-order valence-corrected chi connectivity index (χ2v) is 4.17. The summed E-state index contributed by atoms with van der Waals surface area (Å²) in [5.74, 6) is 1.74. The molecular formula is C14H25NO5. The fourth-order valence-corrected chi connectivity index (χ4v) is 1.52. The molecule has 0 aliphatic heterocycles. The van der Waals surface area contributed by atoms with Gasteiger partial charge in [0.2, 0.25) is 0 Å². The summed E-state index contributed by atoms with van der Waals surface area (Å²) in [6.07, 6.45) is 0. The molecule has 20 heavy (non-hydrogen) atoms. The Hall–Kier alpha value is -0.920. The van der Waals surface area contributed by atoms with Crippen LogP contribution >= 0.6 is 0 Å². The minimum absolute atomic E-state index is 0.470. The van der Waals surface area contributed by atoms with Crippen molar-refractivity contribution in [1.82, 2.24) is 5.32 Å². The number of hydrogen-bond donors (Lipinski definition) is 1. The Bertz CT molecular complexity index is 329. The fourth-order valence-electron chi connectivity index (χ4n) is 1.52. The Balaban J connectivity index is 1.89. The molecule has 1 heterocycles. The maximum Gasteiger partial charge on any atom is 0.129 e. The van der Waals surface area contributed by atoms with E-state index in [4.69, 9.17) is 23.4 Å². The normalized spacial score (nSPS) is 11.1. The molecule has 1 aromatic heterocycles. The molecule has 0 saturated heterocycles.